The Morgan fingerprint density at radius 1 is 1.36 bits per heavy atom. The minimum absolute atomic E-state index is 0.0351. The van der Waals surface area contributed by atoms with Gasteiger partial charge in [0.15, 0.2) is 0 Å². The maximum atomic E-state index is 12.9. The molecule has 6 nitrogen and oxygen atoms in total. The Labute approximate surface area is 153 Å². The number of carbonyl (C=O) groups excluding carboxylic acids is 1. The number of hydrogen-bond donors (Lipinski definition) is 1. The van der Waals surface area contributed by atoms with Gasteiger partial charge in [-0.15, -0.1) is 0 Å². The number of halogens is 1. The predicted octanol–water partition coefficient (Wildman–Crippen LogP) is 2.42. The monoisotopic (exact) mass is 386 g/mol. The molecule has 0 aromatic heterocycles. The summed E-state index contributed by atoms with van der Waals surface area (Å²) in [6.45, 7) is 2.92. The Morgan fingerprint density at radius 2 is 2.12 bits per heavy atom. The maximum absolute atomic E-state index is 12.9. The van der Waals surface area contributed by atoms with Crippen molar-refractivity contribution in [3.8, 4) is 5.75 Å². The zero-order chi connectivity index (χ0) is 18.0. The molecule has 0 bridgehead atoms. The number of carbonyl (C=O) groups is 1. The lowest BCUT2D eigenvalue weighted by atomic mass is 9.99. The van der Waals surface area contributed by atoms with E-state index in [9.17, 15) is 13.2 Å². The fourth-order valence-electron chi connectivity index (χ4n) is 2.99. The van der Waals surface area contributed by atoms with Gasteiger partial charge in [0, 0.05) is 19.1 Å². The second-order valence-electron chi connectivity index (χ2n) is 6.51. The molecule has 1 saturated heterocycles. The van der Waals surface area contributed by atoms with Gasteiger partial charge < -0.3 is 10.1 Å². The molecule has 1 saturated carbocycles. The molecule has 1 heterocycles. The summed E-state index contributed by atoms with van der Waals surface area (Å²) in [4.78, 5) is 12.4. The van der Waals surface area contributed by atoms with Crippen molar-refractivity contribution in [2.75, 3.05) is 19.7 Å². The number of amides is 1. The molecule has 8 heteroatoms. The van der Waals surface area contributed by atoms with Gasteiger partial charge in [0.05, 0.1) is 22.4 Å². The highest BCUT2D eigenvalue weighted by atomic mass is 35.5. The first-order valence-corrected chi connectivity index (χ1v) is 10.5. The molecule has 0 unspecified atom stereocenters. The van der Waals surface area contributed by atoms with Crippen molar-refractivity contribution in [1.29, 1.82) is 0 Å². The number of benzene rings is 1. The van der Waals surface area contributed by atoms with Gasteiger partial charge in [-0.05, 0) is 50.8 Å². The van der Waals surface area contributed by atoms with Crippen LogP contribution in [0.15, 0.2) is 23.1 Å². The van der Waals surface area contributed by atoms with Crippen LogP contribution in [0, 0.1) is 5.92 Å². The van der Waals surface area contributed by atoms with E-state index in [2.05, 4.69) is 5.32 Å². The van der Waals surface area contributed by atoms with E-state index < -0.39 is 10.0 Å². The first-order valence-electron chi connectivity index (χ1n) is 8.64. The summed E-state index contributed by atoms with van der Waals surface area (Å²) in [6, 6.07) is 4.76. The van der Waals surface area contributed by atoms with Gasteiger partial charge >= 0.3 is 0 Å². The summed E-state index contributed by atoms with van der Waals surface area (Å²) in [7, 11) is -3.68. The zero-order valence-electron chi connectivity index (χ0n) is 14.2. The van der Waals surface area contributed by atoms with E-state index in [1.807, 2.05) is 6.92 Å². The molecule has 1 N–H and O–H groups in total. The average Bonchev–Trinajstić information content (AvgIpc) is 3.41. The predicted molar refractivity (Wildman–Crippen MR) is 95.3 cm³/mol. The van der Waals surface area contributed by atoms with Gasteiger partial charge in [-0.25, -0.2) is 8.42 Å². The Morgan fingerprint density at radius 3 is 2.76 bits per heavy atom. The van der Waals surface area contributed by atoms with E-state index in [0.717, 1.165) is 12.8 Å². The molecule has 1 aromatic carbocycles. The molecule has 1 aliphatic heterocycles. The van der Waals surface area contributed by atoms with E-state index in [0.29, 0.717) is 31.7 Å². The minimum atomic E-state index is -3.68. The van der Waals surface area contributed by atoms with Crippen LogP contribution in [0.1, 0.15) is 32.6 Å². The number of nitrogens with one attached hydrogen (secondary N) is 1. The van der Waals surface area contributed by atoms with Crippen molar-refractivity contribution < 1.29 is 17.9 Å². The average molecular weight is 387 g/mol. The summed E-state index contributed by atoms with van der Waals surface area (Å²) in [6.07, 6.45) is 3.43. The van der Waals surface area contributed by atoms with Gasteiger partial charge in [0.2, 0.25) is 15.9 Å². The molecular weight excluding hydrogens is 364 g/mol. The Balaban J connectivity index is 1.74. The summed E-state index contributed by atoms with van der Waals surface area (Å²) >= 11 is 6.12. The van der Waals surface area contributed by atoms with Crippen LogP contribution in [0.25, 0.3) is 0 Å². The molecule has 1 aliphatic carbocycles. The van der Waals surface area contributed by atoms with Gasteiger partial charge in [-0.2, -0.15) is 4.31 Å². The van der Waals surface area contributed by atoms with E-state index >= 15 is 0 Å². The SMILES string of the molecule is CCOc1ccc(S(=O)(=O)N2CCC[C@@H](C(=O)NC3CC3)C2)cc1Cl. The molecule has 138 valence electrons. The minimum Gasteiger partial charge on any atom is -0.492 e. The van der Waals surface area contributed by atoms with Gasteiger partial charge in [0.25, 0.3) is 0 Å². The van der Waals surface area contributed by atoms with Crippen molar-refractivity contribution in [1.82, 2.24) is 9.62 Å². The lowest BCUT2D eigenvalue weighted by molar-refractivity contribution is -0.126. The fraction of sp³-hybridized carbons (Fsp3) is 0.588. The third-order valence-corrected chi connectivity index (χ3v) is 6.68. The second kappa shape index (κ2) is 7.51. The molecule has 1 atom stereocenters. The van der Waals surface area contributed by atoms with Crippen molar-refractivity contribution in [2.45, 2.75) is 43.5 Å². The molecule has 1 amide bonds. The highest BCUT2D eigenvalue weighted by molar-refractivity contribution is 7.89. The van der Waals surface area contributed by atoms with E-state index in [-0.39, 0.29) is 34.3 Å². The number of sulfonamides is 1. The standard InChI is InChI=1S/C17H23ClN2O4S/c1-2-24-16-8-7-14(10-15(16)18)25(22,23)20-9-3-4-12(11-20)17(21)19-13-5-6-13/h7-8,10,12-13H,2-6,9,11H2,1H3,(H,19,21)/t12-/m1/s1. The van der Waals surface area contributed by atoms with Crippen LogP contribution in [0.5, 0.6) is 5.75 Å². The summed E-state index contributed by atoms with van der Waals surface area (Å²) in [5.41, 5.74) is 0. The normalized spacial score (nSPS) is 21.8. The molecular formula is C17H23ClN2O4S. The van der Waals surface area contributed by atoms with Crippen molar-refractivity contribution >= 4 is 27.5 Å². The number of piperidine rings is 1. The van der Waals surface area contributed by atoms with Gasteiger partial charge in [0.1, 0.15) is 5.75 Å². The summed E-state index contributed by atoms with van der Waals surface area (Å²) < 4.78 is 32.5. The van der Waals surface area contributed by atoms with Crippen molar-refractivity contribution in [3.63, 3.8) is 0 Å². The van der Waals surface area contributed by atoms with Gasteiger partial charge in [-0.1, -0.05) is 11.6 Å². The van der Waals surface area contributed by atoms with E-state index in [4.69, 9.17) is 16.3 Å². The lowest BCUT2D eigenvalue weighted by Gasteiger charge is -2.31. The molecule has 2 aliphatic rings. The van der Waals surface area contributed by atoms with Crippen molar-refractivity contribution in [3.05, 3.63) is 23.2 Å². The number of hydrogen-bond acceptors (Lipinski definition) is 4. The van der Waals surface area contributed by atoms with Crippen LogP contribution in [0.3, 0.4) is 0 Å². The largest absolute Gasteiger partial charge is 0.492 e. The number of ether oxygens (including phenoxy) is 1. The van der Waals surface area contributed by atoms with Gasteiger partial charge in [-0.3, -0.25) is 4.79 Å². The second-order valence-corrected chi connectivity index (χ2v) is 8.86. The topological polar surface area (TPSA) is 75.7 Å². The molecule has 2 fully saturated rings. The zero-order valence-corrected chi connectivity index (χ0v) is 15.8. The van der Waals surface area contributed by atoms with Crippen LogP contribution in [-0.4, -0.2) is 44.4 Å². The van der Waals surface area contributed by atoms with Crippen LogP contribution in [0.4, 0.5) is 0 Å². The Hall–Kier alpha value is -1.31. The fourth-order valence-corrected chi connectivity index (χ4v) is 4.84. The highest BCUT2D eigenvalue weighted by Crippen LogP contribution is 2.30. The van der Waals surface area contributed by atoms with Crippen molar-refractivity contribution in [2.24, 2.45) is 5.92 Å². The maximum Gasteiger partial charge on any atom is 0.243 e. The third-order valence-electron chi connectivity index (χ3n) is 4.52. The van der Waals surface area contributed by atoms with Crippen LogP contribution in [-0.2, 0) is 14.8 Å². The quantitative estimate of drug-likeness (QED) is 0.814. The lowest BCUT2D eigenvalue weighted by Crippen LogP contribution is -2.45. The smallest absolute Gasteiger partial charge is 0.243 e. The molecule has 0 spiro atoms. The summed E-state index contributed by atoms with van der Waals surface area (Å²) in [5, 5.41) is 3.23. The number of nitrogens with zero attached hydrogens (tertiary/aromatic N) is 1. The Kier molecular flexibility index (Phi) is 5.55. The summed E-state index contributed by atoms with van der Waals surface area (Å²) in [5.74, 6) is 0.137. The first-order chi connectivity index (χ1) is 11.9. The molecule has 3 rings (SSSR count). The Bertz CT molecular complexity index is 749. The third kappa shape index (κ3) is 4.27. The van der Waals surface area contributed by atoms with Crippen LogP contribution >= 0.6 is 11.6 Å². The van der Waals surface area contributed by atoms with E-state index in [1.54, 1.807) is 6.07 Å². The molecule has 25 heavy (non-hydrogen) atoms. The number of rotatable bonds is 6. The highest BCUT2D eigenvalue weighted by Gasteiger charge is 2.35. The van der Waals surface area contributed by atoms with Crippen LogP contribution < -0.4 is 10.1 Å². The molecule has 0 radical (unpaired) electrons. The molecule has 1 aromatic rings. The van der Waals surface area contributed by atoms with Crippen LogP contribution in [0.2, 0.25) is 5.02 Å². The van der Waals surface area contributed by atoms with E-state index in [1.165, 1.54) is 16.4 Å². The first kappa shape index (κ1) is 18.5.